The van der Waals surface area contributed by atoms with E-state index in [4.69, 9.17) is 14.6 Å². The summed E-state index contributed by atoms with van der Waals surface area (Å²) in [4.78, 5) is 12.8. The van der Waals surface area contributed by atoms with Gasteiger partial charge < -0.3 is 20.1 Å². The lowest BCUT2D eigenvalue weighted by molar-refractivity contribution is 0.185. The third-order valence-corrected chi connectivity index (χ3v) is 5.98. The fourth-order valence-electron chi connectivity index (χ4n) is 4.09. The van der Waals surface area contributed by atoms with Gasteiger partial charge in [-0.2, -0.15) is 0 Å². The number of amides is 2. The van der Waals surface area contributed by atoms with Crippen LogP contribution in [0.15, 0.2) is 54.6 Å². The third-order valence-electron chi connectivity index (χ3n) is 5.98. The number of carbonyl (C=O) groups is 1. The van der Waals surface area contributed by atoms with Gasteiger partial charge in [0.2, 0.25) is 5.88 Å². The van der Waals surface area contributed by atoms with Crippen LogP contribution in [0.3, 0.4) is 0 Å². The highest BCUT2D eigenvalue weighted by atomic mass is 16.5. The van der Waals surface area contributed by atoms with Crippen molar-refractivity contribution in [2.75, 3.05) is 32.1 Å². The first-order valence-corrected chi connectivity index (χ1v) is 11.7. The number of methoxy groups -OCH3 is 1. The van der Waals surface area contributed by atoms with E-state index in [9.17, 15) is 4.79 Å². The van der Waals surface area contributed by atoms with E-state index in [1.807, 2.05) is 61.5 Å². The molecule has 3 N–H and O–H groups in total. The molecule has 2 amide bonds. The molecular weight excluding hydrogens is 430 g/mol. The Labute approximate surface area is 200 Å². The Balaban J connectivity index is 1.47. The minimum atomic E-state index is -0.303. The molecule has 0 radical (unpaired) electrons. The van der Waals surface area contributed by atoms with E-state index in [2.05, 4.69) is 16.0 Å². The number of urea groups is 1. The number of ether oxygens (including phenoxy) is 2. The molecule has 3 aromatic rings. The summed E-state index contributed by atoms with van der Waals surface area (Å²) in [5.41, 5.74) is 3.72. The van der Waals surface area contributed by atoms with E-state index >= 15 is 0 Å². The van der Waals surface area contributed by atoms with Gasteiger partial charge in [-0.25, -0.2) is 9.48 Å². The molecule has 0 atom stereocenters. The average molecular weight is 464 g/mol. The number of aromatic nitrogens is 2. The second-order valence-corrected chi connectivity index (χ2v) is 8.59. The van der Waals surface area contributed by atoms with Gasteiger partial charge in [-0.15, -0.1) is 5.10 Å². The molecule has 8 nitrogen and oxygen atoms in total. The maximum atomic E-state index is 12.8. The monoisotopic (exact) mass is 463 g/mol. The fraction of sp³-hybridized carbons (Fsp3) is 0.385. The van der Waals surface area contributed by atoms with Crippen molar-refractivity contribution in [3.63, 3.8) is 0 Å². The molecule has 0 unspecified atom stereocenters. The average Bonchev–Trinajstić information content (AvgIpc) is 3.18. The normalized spacial score (nSPS) is 14.1. The maximum Gasteiger partial charge on any atom is 0.320 e. The number of anilines is 1. The molecular formula is C26H33N5O3. The standard InChI is InChI=1S/C26H33N5O3/c1-19-24(29-26(32)28-16-21-7-6-8-22(15-21)17-33-2)31(23-9-4-3-5-10-23)30-25(19)34-18-20-11-13-27-14-12-20/h3-10,15,20,27H,11-14,16-18H2,1-2H3,(H2,28,29,32). The zero-order valence-electron chi connectivity index (χ0n) is 19.8. The van der Waals surface area contributed by atoms with Crippen molar-refractivity contribution in [1.29, 1.82) is 0 Å². The van der Waals surface area contributed by atoms with E-state index in [0.717, 1.165) is 48.3 Å². The van der Waals surface area contributed by atoms with Gasteiger partial charge >= 0.3 is 6.03 Å². The minimum Gasteiger partial charge on any atom is -0.476 e. The zero-order valence-corrected chi connectivity index (χ0v) is 19.8. The van der Waals surface area contributed by atoms with Crippen LogP contribution in [0.1, 0.15) is 29.5 Å². The lowest BCUT2D eigenvalue weighted by atomic mass is 9.99. The Morgan fingerprint density at radius 3 is 2.65 bits per heavy atom. The molecule has 1 aromatic heterocycles. The smallest absolute Gasteiger partial charge is 0.320 e. The molecule has 1 fully saturated rings. The Bertz CT molecular complexity index is 1080. The lowest BCUT2D eigenvalue weighted by Gasteiger charge is -2.22. The van der Waals surface area contributed by atoms with Crippen molar-refractivity contribution in [3.8, 4) is 11.6 Å². The van der Waals surface area contributed by atoms with E-state index in [1.165, 1.54) is 0 Å². The summed E-state index contributed by atoms with van der Waals surface area (Å²) in [7, 11) is 1.67. The number of nitrogens with zero attached hydrogens (tertiary/aromatic N) is 2. The van der Waals surface area contributed by atoms with Crippen LogP contribution in [0.5, 0.6) is 5.88 Å². The summed E-state index contributed by atoms with van der Waals surface area (Å²) in [6.45, 7) is 5.53. The Morgan fingerprint density at radius 1 is 1.12 bits per heavy atom. The summed E-state index contributed by atoms with van der Waals surface area (Å²) >= 11 is 0. The highest BCUT2D eigenvalue weighted by Crippen LogP contribution is 2.29. The molecule has 0 spiro atoms. The van der Waals surface area contributed by atoms with Crippen LogP contribution in [0.4, 0.5) is 10.6 Å². The highest BCUT2D eigenvalue weighted by Gasteiger charge is 2.21. The van der Waals surface area contributed by atoms with E-state index < -0.39 is 0 Å². The molecule has 1 aliphatic heterocycles. The number of nitrogens with one attached hydrogen (secondary N) is 3. The van der Waals surface area contributed by atoms with Crippen LogP contribution in [-0.2, 0) is 17.9 Å². The largest absolute Gasteiger partial charge is 0.476 e. The molecule has 1 aliphatic rings. The molecule has 0 saturated carbocycles. The van der Waals surface area contributed by atoms with Gasteiger partial charge in [-0.3, -0.25) is 5.32 Å². The molecule has 0 bridgehead atoms. The van der Waals surface area contributed by atoms with Gasteiger partial charge in [-0.1, -0.05) is 42.5 Å². The van der Waals surface area contributed by atoms with Gasteiger partial charge in [0.25, 0.3) is 0 Å². The Morgan fingerprint density at radius 2 is 1.88 bits per heavy atom. The summed E-state index contributed by atoms with van der Waals surface area (Å²) in [6, 6.07) is 17.4. The third kappa shape index (κ3) is 6.15. The van der Waals surface area contributed by atoms with Gasteiger partial charge in [0.05, 0.1) is 24.5 Å². The van der Waals surface area contributed by atoms with E-state index in [-0.39, 0.29) is 6.03 Å². The van der Waals surface area contributed by atoms with Gasteiger partial charge in [-0.05, 0) is 62.0 Å². The number of rotatable bonds is 9. The molecule has 1 saturated heterocycles. The van der Waals surface area contributed by atoms with Crippen molar-refractivity contribution in [2.45, 2.75) is 32.9 Å². The second-order valence-electron chi connectivity index (χ2n) is 8.59. The highest BCUT2D eigenvalue weighted by molar-refractivity contribution is 5.89. The molecule has 2 heterocycles. The van der Waals surface area contributed by atoms with Crippen LogP contribution < -0.4 is 20.7 Å². The number of hydrogen-bond donors (Lipinski definition) is 3. The SMILES string of the molecule is COCc1cccc(CNC(=O)Nc2c(C)c(OCC3CCNCC3)nn2-c2ccccc2)c1. The lowest BCUT2D eigenvalue weighted by Crippen LogP contribution is -2.30. The molecule has 4 rings (SSSR count). The maximum absolute atomic E-state index is 12.8. The minimum absolute atomic E-state index is 0.303. The fourth-order valence-corrected chi connectivity index (χ4v) is 4.09. The summed E-state index contributed by atoms with van der Waals surface area (Å²) in [6.07, 6.45) is 2.19. The number of carbonyl (C=O) groups excluding carboxylic acids is 1. The summed E-state index contributed by atoms with van der Waals surface area (Å²) in [5.74, 6) is 1.65. The number of benzene rings is 2. The van der Waals surface area contributed by atoms with Crippen molar-refractivity contribution in [3.05, 3.63) is 71.3 Å². The summed E-state index contributed by atoms with van der Waals surface area (Å²) < 4.78 is 13.0. The van der Waals surface area contributed by atoms with Crippen LogP contribution in [0.25, 0.3) is 5.69 Å². The second kappa shape index (κ2) is 11.7. The molecule has 34 heavy (non-hydrogen) atoms. The predicted octanol–water partition coefficient (Wildman–Crippen LogP) is 4.03. The van der Waals surface area contributed by atoms with Crippen LogP contribution in [-0.4, -0.2) is 42.6 Å². The van der Waals surface area contributed by atoms with Crippen LogP contribution >= 0.6 is 0 Å². The Hall–Kier alpha value is -3.36. The quantitative estimate of drug-likeness (QED) is 0.446. The van der Waals surface area contributed by atoms with Gasteiger partial charge in [0.15, 0.2) is 0 Å². The molecule has 2 aromatic carbocycles. The number of hydrogen-bond acceptors (Lipinski definition) is 5. The first-order valence-electron chi connectivity index (χ1n) is 11.7. The van der Waals surface area contributed by atoms with Crippen molar-refractivity contribution in [2.24, 2.45) is 5.92 Å². The van der Waals surface area contributed by atoms with Crippen molar-refractivity contribution >= 4 is 11.8 Å². The summed E-state index contributed by atoms with van der Waals surface area (Å²) in [5, 5.41) is 14.0. The van der Waals surface area contributed by atoms with Gasteiger partial charge in [0.1, 0.15) is 5.82 Å². The Kier molecular flexibility index (Phi) is 8.17. The van der Waals surface area contributed by atoms with Gasteiger partial charge in [0, 0.05) is 13.7 Å². The van der Waals surface area contributed by atoms with Crippen molar-refractivity contribution < 1.29 is 14.3 Å². The molecule has 180 valence electrons. The first-order chi connectivity index (χ1) is 16.6. The molecule has 8 heteroatoms. The number of para-hydroxylation sites is 1. The first kappa shape index (κ1) is 23.8. The zero-order chi connectivity index (χ0) is 23.8. The van der Waals surface area contributed by atoms with Crippen molar-refractivity contribution in [1.82, 2.24) is 20.4 Å². The topological polar surface area (TPSA) is 89.4 Å². The van der Waals surface area contributed by atoms with E-state index in [1.54, 1.807) is 11.8 Å². The van der Waals surface area contributed by atoms with Crippen LogP contribution in [0, 0.1) is 12.8 Å². The van der Waals surface area contributed by atoms with Crippen LogP contribution in [0.2, 0.25) is 0 Å². The predicted molar refractivity (Wildman–Crippen MR) is 132 cm³/mol. The number of piperidine rings is 1. The molecule has 0 aliphatic carbocycles. The van der Waals surface area contributed by atoms with E-state index in [0.29, 0.717) is 37.4 Å².